The van der Waals surface area contributed by atoms with Crippen molar-refractivity contribution in [2.24, 2.45) is 0 Å². The first-order valence-corrected chi connectivity index (χ1v) is 5.17. The monoisotopic (exact) mass is 235 g/mol. The van der Waals surface area contributed by atoms with Gasteiger partial charge in [-0.3, -0.25) is 9.35 Å². The smallest absolute Gasteiger partial charge is 0.358 e. The van der Waals surface area contributed by atoms with E-state index in [-0.39, 0.29) is 17.4 Å². The summed E-state index contributed by atoms with van der Waals surface area (Å²) in [7, 11) is -3.31. The lowest BCUT2D eigenvalue weighted by Gasteiger charge is -2.07. The molecule has 1 aromatic rings. The van der Waals surface area contributed by atoms with E-state index in [0.717, 1.165) is 0 Å². The predicted molar refractivity (Wildman–Crippen MR) is 51.3 cm³/mol. The third-order valence-corrected chi connectivity index (χ3v) is 1.88. The molecule has 0 bridgehead atoms. The molecule has 1 heterocycles. The number of hydrogen-bond acceptors (Lipinski definition) is 5. The van der Waals surface area contributed by atoms with Gasteiger partial charge < -0.3 is 9.72 Å². The van der Waals surface area contributed by atoms with E-state index in [9.17, 15) is 13.2 Å². The van der Waals surface area contributed by atoms with Gasteiger partial charge in [-0.1, -0.05) is 0 Å². The normalized spacial score (nSPS) is 11.1. The molecule has 0 aliphatic heterocycles. The van der Waals surface area contributed by atoms with Crippen LogP contribution in [0.3, 0.4) is 0 Å². The van der Waals surface area contributed by atoms with Gasteiger partial charge >= 0.3 is 10.3 Å². The molecule has 0 saturated heterocycles. The molecule has 0 radical (unpaired) electrons. The van der Waals surface area contributed by atoms with E-state index >= 15 is 0 Å². The number of methoxy groups -OCH3 is 1. The first kappa shape index (κ1) is 11.5. The minimum Gasteiger partial charge on any atom is -0.488 e. The molecular weight excluding hydrogens is 226 g/mol. The van der Waals surface area contributed by atoms with E-state index in [4.69, 9.17) is 4.55 Å². The van der Waals surface area contributed by atoms with Crippen LogP contribution in [0.2, 0.25) is 0 Å². The van der Waals surface area contributed by atoms with Gasteiger partial charge in [0.1, 0.15) is 5.82 Å². The Balaban J connectivity index is 3.33. The van der Waals surface area contributed by atoms with Crippen LogP contribution in [-0.2, 0) is 10.3 Å². The summed E-state index contributed by atoms with van der Waals surface area (Å²) in [4.78, 5) is 17.2. The highest BCUT2D eigenvalue weighted by Gasteiger charge is 2.15. The summed E-state index contributed by atoms with van der Waals surface area (Å²) in [5.74, 6) is -0.494. The van der Waals surface area contributed by atoms with Crippen LogP contribution in [0.15, 0.2) is 4.79 Å². The maximum atomic E-state index is 11.2. The Hall–Kier alpha value is -1.61. The van der Waals surface area contributed by atoms with Crippen LogP contribution in [0.4, 0.5) is 5.82 Å². The number of nitrogens with one attached hydrogen (secondary N) is 2. The van der Waals surface area contributed by atoms with Gasteiger partial charge in [0.2, 0.25) is 5.75 Å². The van der Waals surface area contributed by atoms with E-state index < -0.39 is 15.9 Å². The maximum absolute atomic E-state index is 11.2. The second kappa shape index (κ2) is 3.87. The first-order valence-electron chi connectivity index (χ1n) is 3.73. The third kappa shape index (κ3) is 2.92. The molecule has 8 nitrogen and oxygen atoms in total. The van der Waals surface area contributed by atoms with Crippen molar-refractivity contribution >= 4 is 16.1 Å². The van der Waals surface area contributed by atoms with Crippen molar-refractivity contribution in [3.05, 3.63) is 16.2 Å². The van der Waals surface area contributed by atoms with Crippen molar-refractivity contribution in [3.63, 3.8) is 0 Å². The van der Waals surface area contributed by atoms with Gasteiger partial charge in [0.05, 0.1) is 7.11 Å². The molecule has 0 unspecified atom stereocenters. The molecule has 0 saturated carbocycles. The lowest BCUT2D eigenvalue weighted by Crippen LogP contribution is -2.19. The van der Waals surface area contributed by atoms with Gasteiger partial charge in [-0.15, -0.1) is 0 Å². The fourth-order valence-corrected chi connectivity index (χ4v) is 1.34. The fraction of sp³-hybridized carbons (Fsp3) is 0.333. The van der Waals surface area contributed by atoms with E-state index in [1.54, 1.807) is 4.72 Å². The summed E-state index contributed by atoms with van der Waals surface area (Å²) in [5.41, 5.74) is -0.642. The molecule has 1 rings (SSSR count). The SMILES string of the molecule is COc1c(NS(=O)(=O)O)nc(C)[nH]c1=O. The lowest BCUT2D eigenvalue weighted by molar-refractivity contribution is 0.407. The summed E-state index contributed by atoms with van der Waals surface area (Å²) in [6.07, 6.45) is 0. The Morgan fingerprint density at radius 2 is 2.13 bits per heavy atom. The van der Waals surface area contributed by atoms with Gasteiger partial charge in [-0.05, 0) is 6.92 Å². The molecule has 0 aromatic carbocycles. The third-order valence-electron chi connectivity index (χ3n) is 1.43. The number of nitrogens with zero attached hydrogens (tertiary/aromatic N) is 1. The number of anilines is 1. The second-order valence-electron chi connectivity index (χ2n) is 2.61. The molecule has 15 heavy (non-hydrogen) atoms. The van der Waals surface area contributed by atoms with Crippen molar-refractivity contribution in [2.75, 3.05) is 11.8 Å². The number of aromatic amines is 1. The molecule has 3 N–H and O–H groups in total. The Bertz CT molecular complexity index is 520. The van der Waals surface area contributed by atoms with Crippen molar-refractivity contribution in [2.45, 2.75) is 6.92 Å². The van der Waals surface area contributed by atoms with Gasteiger partial charge in [-0.25, -0.2) is 9.71 Å². The van der Waals surface area contributed by atoms with Crippen LogP contribution < -0.4 is 15.0 Å². The molecule has 84 valence electrons. The average Bonchev–Trinajstić information content (AvgIpc) is 1.99. The topological polar surface area (TPSA) is 121 Å². The summed E-state index contributed by atoms with van der Waals surface area (Å²) >= 11 is 0. The zero-order chi connectivity index (χ0) is 11.6. The molecule has 0 aliphatic rings. The van der Waals surface area contributed by atoms with Crippen molar-refractivity contribution in [1.29, 1.82) is 0 Å². The minimum absolute atomic E-state index is 0.187. The summed E-state index contributed by atoms with van der Waals surface area (Å²) in [6.45, 7) is 1.45. The molecule has 0 aliphatic carbocycles. The largest absolute Gasteiger partial charge is 0.488 e. The Labute approximate surface area is 85.2 Å². The van der Waals surface area contributed by atoms with Crippen LogP contribution >= 0.6 is 0 Å². The number of aromatic nitrogens is 2. The quantitative estimate of drug-likeness (QED) is 0.595. The van der Waals surface area contributed by atoms with E-state index in [2.05, 4.69) is 14.7 Å². The molecule has 9 heteroatoms. The molecule has 0 atom stereocenters. The van der Waals surface area contributed by atoms with E-state index in [1.165, 1.54) is 14.0 Å². The molecular formula is C6H9N3O5S. The number of H-pyrrole nitrogens is 1. The Kier molecular flexibility index (Phi) is 2.95. The minimum atomic E-state index is -4.49. The van der Waals surface area contributed by atoms with Gasteiger partial charge in [0.25, 0.3) is 5.56 Å². The highest BCUT2D eigenvalue weighted by atomic mass is 32.2. The predicted octanol–water partition coefficient (Wildman–Crippen LogP) is -0.698. The summed E-state index contributed by atoms with van der Waals surface area (Å²) < 4.78 is 35.9. The number of hydrogen-bond donors (Lipinski definition) is 3. The number of rotatable bonds is 3. The maximum Gasteiger partial charge on any atom is 0.358 e. The van der Waals surface area contributed by atoms with Crippen molar-refractivity contribution < 1.29 is 17.7 Å². The van der Waals surface area contributed by atoms with Crippen LogP contribution in [0, 0.1) is 6.92 Å². The zero-order valence-electron chi connectivity index (χ0n) is 7.94. The second-order valence-corrected chi connectivity index (χ2v) is 3.76. The highest BCUT2D eigenvalue weighted by Crippen LogP contribution is 2.16. The van der Waals surface area contributed by atoms with Crippen LogP contribution in [0.25, 0.3) is 0 Å². The van der Waals surface area contributed by atoms with E-state index in [0.29, 0.717) is 0 Å². The van der Waals surface area contributed by atoms with Crippen LogP contribution in [0.1, 0.15) is 5.82 Å². The van der Waals surface area contributed by atoms with Crippen molar-refractivity contribution in [3.8, 4) is 5.75 Å². The molecule has 0 amide bonds. The number of aryl methyl sites for hydroxylation is 1. The first-order chi connectivity index (χ1) is 6.83. The van der Waals surface area contributed by atoms with Crippen LogP contribution in [0.5, 0.6) is 5.75 Å². The van der Waals surface area contributed by atoms with Gasteiger partial charge in [-0.2, -0.15) is 8.42 Å². The van der Waals surface area contributed by atoms with Gasteiger partial charge in [0, 0.05) is 0 Å². The standard InChI is InChI=1S/C6H9N3O5S/c1-3-7-5(9-15(11,12)13)4(14-2)6(10)8-3/h1-2H3,(H,11,12,13)(H2,7,8,9,10). The zero-order valence-corrected chi connectivity index (χ0v) is 8.75. The molecule has 0 fully saturated rings. The summed E-state index contributed by atoms with van der Waals surface area (Å²) in [6, 6.07) is 0. The van der Waals surface area contributed by atoms with Crippen molar-refractivity contribution in [1.82, 2.24) is 9.97 Å². The highest BCUT2D eigenvalue weighted by molar-refractivity contribution is 7.87. The van der Waals surface area contributed by atoms with E-state index in [1.807, 2.05) is 0 Å². The van der Waals surface area contributed by atoms with Crippen LogP contribution in [-0.4, -0.2) is 30.0 Å². The van der Waals surface area contributed by atoms with Gasteiger partial charge in [0.15, 0.2) is 5.82 Å². The summed E-state index contributed by atoms with van der Waals surface area (Å²) in [5, 5.41) is 0. The Morgan fingerprint density at radius 3 is 2.60 bits per heavy atom. The Morgan fingerprint density at radius 1 is 1.53 bits per heavy atom. The fourth-order valence-electron chi connectivity index (χ4n) is 0.956. The average molecular weight is 235 g/mol. The molecule has 1 aromatic heterocycles. The lowest BCUT2D eigenvalue weighted by atomic mass is 10.5. The number of ether oxygens (including phenoxy) is 1. The molecule has 0 spiro atoms.